The van der Waals surface area contributed by atoms with E-state index in [9.17, 15) is 14.9 Å². The molecule has 1 aliphatic carbocycles. The lowest BCUT2D eigenvalue weighted by molar-refractivity contribution is -0.385. The van der Waals surface area contributed by atoms with Gasteiger partial charge in [-0.2, -0.15) is 0 Å². The highest BCUT2D eigenvalue weighted by Gasteiger charge is 2.19. The number of carbonyl (C=O) groups excluding carboxylic acids is 1. The SMILES string of the molecule is COc1cc(NC(=O)CNC2CCCC2)c(C)cc1[N+](=O)[O-]. The van der Waals surface area contributed by atoms with Crippen molar-refractivity contribution in [3.05, 3.63) is 27.8 Å². The number of methoxy groups -OCH3 is 1. The normalized spacial score (nSPS) is 14.8. The lowest BCUT2D eigenvalue weighted by Gasteiger charge is -2.13. The Balaban J connectivity index is 2.01. The Kier molecular flexibility index (Phi) is 5.32. The largest absolute Gasteiger partial charge is 0.490 e. The summed E-state index contributed by atoms with van der Waals surface area (Å²) in [5.41, 5.74) is 1.05. The fraction of sp³-hybridized carbons (Fsp3) is 0.533. The molecule has 1 saturated carbocycles. The van der Waals surface area contributed by atoms with Gasteiger partial charge in [-0.05, 0) is 25.3 Å². The summed E-state index contributed by atoms with van der Waals surface area (Å²) in [6.07, 6.45) is 4.63. The molecule has 1 fully saturated rings. The molecule has 7 heteroatoms. The Morgan fingerprint density at radius 3 is 2.68 bits per heavy atom. The van der Waals surface area contributed by atoms with Crippen molar-refractivity contribution in [1.29, 1.82) is 0 Å². The summed E-state index contributed by atoms with van der Waals surface area (Å²) in [7, 11) is 1.37. The monoisotopic (exact) mass is 307 g/mol. The highest BCUT2D eigenvalue weighted by Crippen LogP contribution is 2.32. The predicted octanol–water partition coefficient (Wildman–Crippen LogP) is 2.38. The highest BCUT2D eigenvalue weighted by atomic mass is 16.6. The first kappa shape index (κ1) is 16.2. The molecule has 22 heavy (non-hydrogen) atoms. The van der Waals surface area contributed by atoms with E-state index >= 15 is 0 Å². The zero-order chi connectivity index (χ0) is 16.1. The predicted molar refractivity (Wildman–Crippen MR) is 83.3 cm³/mol. The Hall–Kier alpha value is -2.15. The molecule has 1 aromatic rings. The van der Waals surface area contributed by atoms with Crippen LogP contribution in [0.25, 0.3) is 0 Å². The van der Waals surface area contributed by atoms with Crippen LogP contribution in [0.1, 0.15) is 31.2 Å². The average Bonchev–Trinajstić information content (AvgIpc) is 3.00. The fourth-order valence-electron chi connectivity index (χ4n) is 2.68. The molecule has 0 spiro atoms. The molecule has 1 aromatic carbocycles. The molecular weight excluding hydrogens is 286 g/mol. The molecule has 0 bridgehead atoms. The summed E-state index contributed by atoms with van der Waals surface area (Å²) in [5, 5.41) is 16.9. The highest BCUT2D eigenvalue weighted by molar-refractivity contribution is 5.93. The first-order valence-corrected chi connectivity index (χ1v) is 7.37. The molecule has 0 saturated heterocycles. The van der Waals surface area contributed by atoms with Gasteiger partial charge in [0.2, 0.25) is 5.91 Å². The molecule has 0 aromatic heterocycles. The minimum Gasteiger partial charge on any atom is -0.490 e. The van der Waals surface area contributed by atoms with Crippen LogP contribution in [0.2, 0.25) is 0 Å². The van der Waals surface area contributed by atoms with Crippen molar-refractivity contribution < 1.29 is 14.5 Å². The van der Waals surface area contributed by atoms with Gasteiger partial charge in [0, 0.05) is 23.9 Å². The summed E-state index contributed by atoms with van der Waals surface area (Å²) in [5.74, 6) is -0.0273. The maximum atomic E-state index is 12.0. The van der Waals surface area contributed by atoms with Gasteiger partial charge in [-0.1, -0.05) is 12.8 Å². The number of carbonyl (C=O) groups is 1. The number of aryl methyl sites for hydroxylation is 1. The first-order valence-electron chi connectivity index (χ1n) is 7.37. The molecule has 0 unspecified atom stereocenters. The molecule has 1 amide bonds. The van der Waals surface area contributed by atoms with Gasteiger partial charge in [-0.15, -0.1) is 0 Å². The fourth-order valence-corrected chi connectivity index (χ4v) is 2.68. The Morgan fingerprint density at radius 2 is 2.09 bits per heavy atom. The number of hydrogen-bond donors (Lipinski definition) is 2. The molecule has 2 rings (SSSR count). The van der Waals surface area contributed by atoms with E-state index in [0.29, 0.717) is 17.3 Å². The average molecular weight is 307 g/mol. The van der Waals surface area contributed by atoms with Crippen LogP contribution in [0.5, 0.6) is 5.75 Å². The number of nitrogens with one attached hydrogen (secondary N) is 2. The smallest absolute Gasteiger partial charge is 0.311 e. The van der Waals surface area contributed by atoms with Crippen LogP contribution >= 0.6 is 0 Å². The van der Waals surface area contributed by atoms with Crippen LogP contribution in [0.15, 0.2) is 12.1 Å². The van der Waals surface area contributed by atoms with Gasteiger partial charge < -0.3 is 15.4 Å². The lowest BCUT2D eigenvalue weighted by atomic mass is 10.1. The Morgan fingerprint density at radius 1 is 1.41 bits per heavy atom. The van der Waals surface area contributed by atoms with E-state index in [-0.39, 0.29) is 23.9 Å². The van der Waals surface area contributed by atoms with E-state index in [1.54, 1.807) is 6.92 Å². The van der Waals surface area contributed by atoms with Gasteiger partial charge in [0.25, 0.3) is 0 Å². The number of nitro groups is 1. The van der Waals surface area contributed by atoms with Gasteiger partial charge in [-0.3, -0.25) is 14.9 Å². The van der Waals surface area contributed by atoms with E-state index in [1.807, 2.05) is 0 Å². The molecule has 1 aliphatic rings. The van der Waals surface area contributed by atoms with Crippen LogP contribution in [0.3, 0.4) is 0 Å². The van der Waals surface area contributed by atoms with Gasteiger partial charge in [0.15, 0.2) is 5.75 Å². The zero-order valence-electron chi connectivity index (χ0n) is 12.8. The minimum absolute atomic E-state index is 0.109. The number of anilines is 1. The zero-order valence-corrected chi connectivity index (χ0v) is 12.8. The van der Waals surface area contributed by atoms with E-state index in [1.165, 1.54) is 32.1 Å². The molecule has 0 aliphatic heterocycles. The maximum Gasteiger partial charge on any atom is 0.311 e. The van der Waals surface area contributed by atoms with Gasteiger partial charge >= 0.3 is 5.69 Å². The standard InChI is InChI=1S/C15H21N3O4/c1-10-7-13(18(20)21)14(22-2)8-12(10)17-15(19)9-16-11-5-3-4-6-11/h7-8,11,16H,3-6,9H2,1-2H3,(H,17,19). The summed E-state index contributed by atoms with van der Waals surface area (Å²) < 4.78 is 5.02. The number of nitro benzene ring substituents is 1. The Bertz CT molecular complexity index is 568. The molecule has 2 N–H and O–H groups in total. The number of rotatable bonds is 6. The summed E-state index contributed by atoms with van der Waals surface area (Å²) in [6.45, 7) is 1.95. The second kappa shape index (κ2) is 7.22. The number of nitrogens with zero attached hydrogens (tertiary/aromatic N) is 1. The molecule has 0 radical (unpaired) electrons. The van der Waals surface area contributed by atoms with Crippen molar-refractivity contribution in [1.82, 2.24) is 5.32 Å². The number of benzene rings is 1. The first-order chi connectivity index (χ1) is 10.5. The van der Waals surface area contributed by atoms with Crippen LogP contribution in [-0.2, 0) is 4.79 Å². The second-order valence-corrected chi connectivity index (χ2v) is 5.51. The summed E-state index contributed by atoms with van der Waals surface area (Å²) in [4.78, 5) is 22.4. The van der Waals surface area contributed by atoms with E-state index in [0.717, 1.165) is 12.8 Å². The van der Waals surface area contributed by atoms with Crippen LogP contribution < -0.4 is 15.4 Å². The topological polar surface area (TPSA) is 93.5 Å². The van der Waals surface area contributed by atoms with Crippen LogP contribution in [0, 0.1) is 17.0 Å². The van der Waals surface area contributed by atoms with Crippen LogP contribution in [-0.4, -0.2) is 30.5 Å². The van der Waals surface area contributed by atoms with E-state index in [4.69, 9.17) is 4.74 Å². The quantitative estimate of drug-likeness (QED) is 0.621. The number of amides is 1. The Labute approximate surface area is 129 Å². The third-order valence-corrected chi connectivity index (χ3v) is 3.90. The minimum atomic E-state index is -0.501. The third kappa shape index (κ3) is 3.94. The number of ether oxygens (including phenoxy) is 1. The summed E-state index contributed by atoms with van der Waals surface area (Å²) in [6, 6.07) is 3.30. The molecule has 0 atom stereocenters. The molecular formula is C15H21N3O4. The van der Waals surface area contributed by atoms with E-state index < -0.39 is 4.92 Å². The second-order valence-electron chi connectivity index (χ2n) is 5.51. The van der Waals surface area contributed by atoms with Crippen LogP contribution in [0.4, 0.5) is 11.4 Å². The number of hydrogen-bond acceptors (Lipinski definition) is 5. The van der Waals surface area contributed by atoms with Gasteiger partial charge in [0.1, 0.15) is 0 Å². The molecule has 0 heterocycles. The van der Waals surface area contributed by atoms with Crippen molar-refractivity contribution >= 4 is 17.3 Å². The third-order valence-electron chi connectivity index (χ3n) is 3.90. The molecule has 120 valence electrons. The maximum absolute atomic E-state index is 12.0. The lowest BCUT2D eigenvalue weighted by Crippen LogP contribution is -2.34. The summed E-state index contributed by atoms with van der Waals surface area (Å²) >= 11 is 0. The molecule has 7 nitrogen and oxygen atoms in total. The van der Waals surface area contributed by atoms with Crippen molar-refractivity contribution in [3.8, 4) is 5.75 Å². The van der Waals surface area contributed by atoms with Crippen molar-refractivity contribution in [2.45, 2.75) is 38.6 Å². The van der Waals surface area contributed by atoms with Crippen molar-refractivity contribution in [2.75, 3.05) is 19.0 Å². The van der Waals surface area contributed by atoms with E-state index in [2.05, 4.69) is 10.6 Å². The van der Waals surface area contributed by atoms with Gasteiger partial charge in [-0.25, -0.2) is 0 Å². The van der Waals surface area contributed by atoms with Crippen molar-refractivity contribution in [2.24, 2.45) is 0 Å². The van der Waals surface area contributed by atoms with Crippen molar-refractivity contribution in [3.63, 3.8) is 0 Å². The van der Waals surface area contributed by atoms with Gasteiger partial charge in [0.05, 0.1) is 18.6 Å².